The first kappa shape index (κ1) is 17.2. The molecule has 1 N–H and O–H groups in total. The Labute approximate surface area is 135 Å². The van der Waals surface area contributed by atoms with Gasteiger partial charge in [-0.3, -0.25) is 4.79 Å². The van der Waals surface area contributed by atoms with Crippen LogP contribution >= 0.6 is 0 Å². The van der Waals surface area contributed by atoms with Crippen LogP contribution < -0.4 is 5.32 Å². The van der Waals surface area contributed by atoms with Gasteiger partial charge < -0.3 is 5.32 Å². The van der Waals surface area contributed by atoms with Crippen LogP contribution in [0.15, 0.2) is 18.2 Å². The molecule has 0 spiro atoms. The van der Waals surface area contributed by atoms with E-state index in [1.54, 1.807) is 0 Å². The molecule has 5 heteroatoms. The topological polar surface area (TPSA) is 49.4 Å². The monoisotopic (exact) mass is 322 g/mol. The molecule has 2 atom stereocenters. The molecule has 1 heterocycles. The van der Waals surface area contributed by atoms with Crippen molar-refractivity contribution in [2.45, 2.75) is 58.2 Å². The minimum Gasteiger partial charge on any atom is -0.325 e. The Morgan fingerprint density at radius 1 is 1.23 bits per heavy atom. The normalized spacial score (nSPS) is 20.9. The Bertz CT molecular complexity index is 573. The second-order valence-electron chi connectivity index (χ2n) is 7.03. The fourth-order valence-electron chi connectivity index (χ4n) is 2.82. The van der Waals surface area contributed by atoms with Crippen molar-refractivity contribution in [3.8, 4) is 0 Å². The summed E-state index contributed by atoms with van der Waals surface area (Å²) in [5, 5.41) is 2.99. The first-order valence-corrected chi connectivity index (χ1v) is 8.87. The van der Waals surface area contributed by atoms with Gasteiger partial charge in [-0.25, -0.2) is 8.51 Å². The zero-order valence-corrected chi connectivity index (χ0v) is 14.9. The maximum Gasteiger partial charge on any atom is 0.242 e. The smallest absolute Gasteiger partial charge is 0.242 e. The minimum absolute atomic E-state index is 0.0555. The molecule has 122 valence electrons. The summed E-state index contributed by atoms with van der Waals surface area (Å²) >= 11 is 0. The molecule has 0 aromatic heterocycles. The van der Waals surface area contributed by atoms with Crippen LogP contribution in [-0.2, 0) is 15.8 Å². The number of carbonyl (C=O) groups is 1. The zero-order chi connectivity index (χ0) is 16.5. The van der Waals surface area contributed by atoms with E-state index in [4.69, 9.17) is 0 Å². The predicted octanol–water partition coefficient (Wildman–Crippen LogP) is 3.17. The summed E-state index contributed by atoms with van der Waals surface area (Å²) in [6.45, 7) is 10.6. The van der Waals surface area contributed by atoms with Crippen LogP contribution in [0.4, 0.5) is 5.69 Å². The van der Waals surface area contributed by atoms with Crippen molar-refractivity contribution in [2.24, 2.45) is 0 Å². The van der Waals surface area contributed by atoms with E-state index in [0.717, 1.165) is 36.2 Å². The fraction of sp³-hybridized carbons (Fsp3) is 0.588. The van der Waals surface area contributed by atoms with Gasteiger partial charge in [-0.15, -0.1) is 0 Å². The summed E-state index contributed by atoms with van der Waals surface area (Å²) in [5.41, 5.74) is 3.06. The molecule has 1 aromatic carbocycles. The van der Waals surface area contributed by atoms with Gasteiger partial charge in [0.25, 0.3) is 0 Å². The summed E-state index contributed by atoms with van der Waals surface area (Å²) in [6.07, 6.45) is 1.67. The molecule has 22 heavy (non-hydrogen) atoms. The summed E-state index contributed by atoms with van der Waals surface area (Å²) < 4.78 is 14.1. The van der Waals surface area contributed by atoms with E-state index in [9.17, 15) is 9.00 Å². The summed E-state index contributed by atoms with van der Waals surface area (Å²) in [7, 11) is -1.16. The van der Waals surface area contributed by atoms with Crippen LogP contribution in [-0.4, -0.2) is 31.8 Å². The molecule has 1 fully saturated rings. The maximum absolute atomic E-state index is 12.6. The molecule has 1 aliphatic heterocycles. The molecule has 1 amide bonds. The highest BCUT2D eigenvalue weighted by Crippen LogP contribution is 2.26. The Kier molecular flexibility index (Phi) is 5.07. The molecule has 1 saturated heterocycles. The highest BCUT2D eigenvalue weighted by Gasteiger charge is 2.38. The quantitative estimate of drug-likeness (QED) is 0.929. The Morgan fingerprint density at radius 2 is 1.82 bits per heavy atom. The SMILES string of the molecule is Cc1cc(C)cc(NC(=O)[C@@H]2CCCN2[S@](=O)C(C)(C)C)c1. The standard InChI is InChI=1S/C17H26N2O2S/c1-12-9-13(2)11-14(10-12)18-16(20)15-7-6-8-19(15)22(21)17(3,4)5/h9-11,15H,6-8H2,1-5H3,(H,18,20)/t15-,22+/m0/s1. The molecular weight excluding hydrogens is 296 g/mol. The number of hydrogen-bond acceptors (Lipinski definition) is 2. The second-order valence-corrected chi connectivity index (χ2v) is 9.22. The van der Waals surface area contributed by atoms with Gasteiger partial charge in [-0.2, -0.15) is 0 Å². The first-order chi connectivity index (χ1) is 10.2. The van der Waals surface area contributed by atoms with E-state index < -0.39 is 11.0 Å². The van der Waals surface area contributed by atoms with Crippen molar-refractivity contribution >= 4 is 22.6 Å². The predicted molar refractivity (Wildman–Crippen MR) is 92.2 cm³/mol. The number of benzene rings is 1. The number of nitrogens with one attached hydrogen (secondary N) is 1. The lowest BCUT2D eigenvalue weighted by molar-refractivity contribution is -0.119. The number of amides is 1. The van der Waals surface area contributed by atoms with E-state index in [2.05, 4.69) is 11.4 Å². The van der Waals surface area contributed by atoms with Crippen molar-refractivity contribution < 1.29 is 9.00 Å². The van der Waals surface area contributed by atoms with Gasteiger partial charge in [-0.05, 0) is 70.7 Å². The van der Waals surface area contributed by atoms with E-state index >= 15 is 0 Å². The Morgan fingerprint density at radius 3 is 2.36 bits per heavy atom. The van der Waals surface area contributed by atoms with Gasteiger partial charge in [0.15, 0.2) is 0 Å². The summed E-state index contributed by atoms with van der Waals surface area (Å²) in [5.74, 6) is -0.0555. The number of carbonyl (C=O) groups excluding carboxylic acids is 1. The Hall–Kier alpha value is -1.20. The molecule has 1 aromatic rings. The van der Waals surface area contributed by atoms with Crippen LogP contribution in [0.25, 0.3) is 0 Å². The van der Waals surface area contributed by atoms with Gasteiger partial charge >= 0.3 is 0 Å². The molecule has 0 saturated carbocycles. The molecule has 0 bridgehead atoms. The van der Waals surface area contributed by atoms with E-state index in [1.165, 1.54) is 0 Å². The number of nitrogens with zero attached hydrogens (tertiary/aromatic N) is 1. The van der Waals surface area contributed by atoms with Gasteiger partial charge in [0, 0.05) is 12.2 Å². The molecule has 2 rings (SSSR count). The van der Waals surface area contributed by atoms with Crippen LogP contribution in [0.2, 0.25) is 0 Å². The van der Waals surface area contributed by atoms with Gasteiger partial charge in [-0.1, -0.05) is 6.07 Å². The van der Waals surface area contributed by atoms with Gasteiger partial charge in [0.1, 0.15) is 17.0 Å². The lowest BCUT2D eigenvalue weighted by Gasteiger charge is -2.29. The van der Waals surface area contributed by atoms with E-state index in [0.29, 0.717) is 0 Å². The largest absolute Gasteiger partial charge is 0.325 e. The van der Waals surface area contributed by atoms with Crippen molar-refractivity contribution in [2.75, 3.05) is 11.9 Å². The number of rotatable bonds is 3. The number of aryl methyl sites for hydroxylation is 2. The maximum atomic E-state index is 12.6. The molecule has 4 nitrogen and oxygen atoms in total. The van der Waals surface area contributed by atoms with Crippen molar-refractivity contribution in [3.63, 3.8) is 0 Å². The van der Waals surface area contributed by atoms with Crippen LogP contribution in [0.1, 0.15) is 44.7 Å². The molecule has 0 unspecified atom stereocenters. The first-order valence-electron chi connectivity index (χ1n) is 7.76. The van der Waals surface area contributed by atoms with Crippen molar-refractivity contribution in [3.05, 3.63) is 29.3 Å². The van der Waals surface area contributed by atoms with E-state index in [-0.39, 0.29) is 16.7 Å². The second kappa shape index (κ2) is 6.50. The molecular formula is C17H26N2O2S. The third kappa shape index (κ3) is 3.96. The highest BCUT2D eigenvalue weighted by molar-refractivity contribution is 7.84. The zero-order valence-electron chi connectivity index (χ0n) is 14.1. The van der Waals surface area contributed by atoms with E-state index in [1.807, 2.05) is 51.1 Å². The number of hydrogen-bond donors (Lipinski definition) is 1. The molecule has 1 aliphatic rings. The highest BCUT2D eigenvalue weighted by atomic mass is 32.2. The van der Waals surface area contributed by atoms with Crippen molar-refractivity contribution in [1.82, 2.24) is 4.31 Å². The lowest BCUT2D eigenvalue weighted by atomic mass is 10.1. The van der Waals surface area contributed by atoms with Gasteiger partial charge in [0.05, 0.1) is 4.75 Å². The minimum atomic E-state index is -1.16. The third-order valence-electron chi connectivity index (χ3n) is 3.73. The summed E-state index contributed by atoms with van der Waals surface area (Å²) in [4.78, 5) is 12.6. The van der Waals surface area contributed by atoms with Crippen LogP contribution in [0, 0.1) is 13.8 Å². The average molecular weight is 322 g/mol. The van der Waals surface area contributed by atoms with Crippen molar-refractivity contribution in [1.29, 1.82) is 0 Å². The third-order valence-corrected chi connectivity index (χ3v) is 5.64. The molecule has 0 radical (unpaired) electrons. The average Bonchev–Trinajstić information content (AvgIpc) is 2.84. The molecule has 0 aliphatic carbocycles. The number of anilines is 1. The van der Waals surface area contributed by atoms with Gasteiger partial charge in [0.2, 0.25) is 5.91 Å². The van der Waals surface area contributed by atoms with Crippen LogP contribution in [0.5, 0.6) is 0 Å². The summed E-state index contributed by atoms with van der Waals surface area (Å²) in [6, 6.07) is 5.70. The lowest BCUT2D eigenvalue weighted by Crippen LogP contribution is -2.45. The fourth-order valence-corrected chi connectivity index (χ4v) is 4.26. The van der Waals surface area contributed by atoms with Crippen LogP contribution in [0.3, 0.4) is 0 Å². The Balaban J connectivity index is 2.13.